The van der Waals surface area contributed by atoms with Crippen LogP contribution in [0.25, 0.3) is 65.3 Å². The van der Waals surface area contributed by atoms with E-state index >= 15 is 0 Å². The lowest BCUT2D eigenvalue weighted by molar-refractivity contribution is 0.764. The number of rotatable bonds is 5. The molecule has 0 radical (unpaired) electrons. The molecule has 244 valence electrons. The molecule has 52 heavy (non-hydrogen) atoms. The van der Waals surface area contributed by atoms with Crippen LogP contribution in [0.4, 0.5) is 0 Å². The Kier molecular flexibility index (Phi) is 7.21. The fourth-order valence-corrected chi connectivity index (χ4v) is 7.84. The lowest BCUT2D eigenvalue weighted by Crippen LogP contribution is -2.36. The smallest absolute Gasteiger partial charge is 0.170 e. The molecule has 9 aromatic carbocycles. The van der Waals surface area contributed by atoms with Crippen molar-refractivity contribution in [1.29, 1.82) is 0 Å². The van der Waals surface area contributed by atoms with Crippen molar-refractivity contribution < 1.29 is 0 Å². The third-order valence-corrected chi connectivity index (χ3v) is 10.3. The first-order valence-corrected chi connectivity index (χ1v) is 17.8. The molecule has 0 saturated heterocycles. The molecular weight excluding hydrogens is 631 g/mol. The summed E-state index contributed by atoms with van der Waals surface area (Å²) in [4.78, 5) is 10.8. The molecule has 0 aromatic heterocycles. The van der Waals surface area contributed by atoms with E-state index in [2.05, 4.69) is 187 Å². The van der Waals surface area contributed by atoms with Crippen LogP contribution in [-0.4, -0.2) is 11.7 Å². The van der Waals surface area contributed by atoms with Gasteiger partial charge in [-0.15, -0.1) is 0 Å². The monoisotopic (exact) mass is 663 g/mol. The number of nitrogens with one attached hydrogen (secondary N) is 1. The Bertz CT molecular complexity index is 2870. The van der Waals surface area contributed by atoms with Gasteiger partial charge in [0, 0.05) is 16.7 Å². The average Bonchev–Trinajstić information content (AvgIpc) is 3.23. The summed E-state index contributed by atoms with van der Waals surface area (Å²) in [6.45, 7) is 0. The van der Waals surface area contributed by atoms with Gasteiger partial charge in [0.15, 0.2) is 6.17 Å². The van der Waals surface area contributed by atoms with Gasteiger partial charge in [0.05, 0.1) is 0 Å². The van der Waals surface area contributed by atoms with Gasteiger partial charge < -0.3 is 5.32 Å². The maximum atomic E-state index is 5.47. The van der Waals surface area contributed by atoms with Crippen LogP contribution in [0, 0.1) is 0 Å². The van der Waals surface area contributed by atoms with E-state index in [4.69, 9.17) is 9.98 Å². The zero-order valence-corrected chi connectivity index (χ0v) is 28.4. The van der Waals surface area contributed by atoms with Gasteiger partial charge in [0.1, 0.15) is 11.7 Å². The van der Waals surface area contributed by atoms with E-state index in [-0.39, 0.29) is 0 Å². The molecule has 0 spiro atoms. The second kappa shape index (κ2) is 12.5. The Labute approximate surface area is 302 Å². The largest absolute Gasteiger partial charge is 0.324 e. The van der Waals surface area contributed by atoms with E-state index < -0.39 is 6.17 Å². The number of nitrogens with zero attached hydrogens (tertiary/aromatic N) is 2. The van der Waals surface area contributed by atoms with E-state index in [0.29, 0.717) is 0 Å². The van der Waals surface area contributed by atoms with Gasteiger partial charge in [-0.2, -0.15) is 0 Å². The van der Waals surface area contributed by atoms with Crippen molar-refractivity contribution in [2.45, 2.75) is 6.17 Å². The van der Waals surface area contributed by atoms with Crippen molar-refractivity contribution in [3.8, 4) is 22.3 Å². The molecule has 0 amide bonds. The molecule has 0 aliphatic carbocycles. The van der Waals surface area contributed by atoms with Crippen LogP contribution in [-0.2, 0) is 0 Å². The molecule has 1 aliphatic heterocycles. The van der Waals surface area contributed by atoms with Crippen molar-refractivity contribution >= 4 is 54.8 Å². The van der Waals surface area contributed by atoms with E-state index in [1.165, 1.54) is 43.4 Å². The minimum atomic E-state index is -0.471. The lowest BCUT2D eigenvalue weighted by Gasteiger charge is -2.25. The Morgan fingerprint density at radius 1 is 0.327 bits per heavy atom. The summed E-state index contributed by atoms with van der Waals surface area (Å²) >= 11 is 0. The summed E-state index contributed by atoms with van der Waals surface area (Å²) in [6.07, 6.45) is -0.471. The van der Waals surface area contributed by atoms with Crippen molar-refractivity contribution in [1.82, 2.24) is 5.32 Å². The summed E-state index contributed by atoms with van der Waals surface area (Å²) < 4.78 is 0. The first kappa shape index (κ1) is 30.0. The summed E-state index contributed by atoms with van der Waals surface area (Å²) in [5.41, 5.74) is 7.83. The molecule has 10 rings (SSSR count). The third-order valence-electron chi connectivity index (χ3n) is 10.3. The highest BCUT2D eigenvalue weighted by Gasteiger charge is 2.26. The minimum Gasteiger partial charge on any atom is -0.324 e. The predicted molar refractivity (Wildman–Crippen MR) is 219 cm³/mol. The van der Waals surface area contributed by atoms with Gasteiger partial charge in [-0.1, -0.05) is 182 Å². The van der Waals surface area contributed by atoms with E-state index in [1.54, 1.807) is 0 Å². The first-order valence-electron chi connectivity index (χ1n) is 17.8. The van der Waals surface area contributed by atoms with Gasteiger partial charge in [0.2, 0.25) is 0 Å². The second-order valence-electron chi connectivity index (χ2n) is 13.4. The van der Waals surface area contributed by atoms with Crippen LogP contribution in [0.2, 0.25) is 0 Å². The molecule has 1 heterocycles. The molecule has 1 atom stereocenters. The number of fused-ring (bicyclic) bond motifs is 5. The topological polar surface area (TPSA) is 36.8 Å². The van der Waals surface area contributed by atoms with Crippen LogP contribution in [0.3, 0.4) is 0 Å². The van der Waals surface area contributed by atoms with Gasteiger partial charge in [-0.25, -0.2) is 9.98 Å². The van der Waals surface area contributed by atoms with Crippen molar-refractivity contribution in [3.63, 3.8) is 0 Å². The summed E-state index contributed by atoms with van der Waals surface area (Å²) in [6, 6.07) is 67.0. The normalized spacial score (nSPS) is 14.3. The van der Waals surface area contributed by atoms with Crippen LogP contribution in [0.1, 0.15) is 22.9 Å². The maximum absolute atomic E-state index is 5.47. The van der Waals surface area contributed by atoms with Crippen LogP contribution in [0.5, 0.6) is 0 Å². The van der Waals surface area contributed by atoms with Gasteiger partial charge >= 0.3 is 0 Å². The van der Waals surface area contributed by atoms with Crippen LogP contribution < -0.4 is 5.32 Å². The summed E-state index contributed by atoms with van der Waals surface area (Å²) in [5.74, 6) is 1.61. The predicted octanol–water partition coefficient (Wildman–Crippen LogP) is 12.1. The van der Waals surface area contributed by atoms with E-state index in [1.807, 2.05) is 6.07 Å². The highest BCUT2D eigenvalue weighted by Crippen LogP contribution is 2.40. The summed E-state index contributed by atoms with van der Waals surface area (Å²) in [5, 5.41) is 13.4. The molecule has 0 saturated carbocycles. The van der Waals surface area contributed by atoms with E-state index in [0.717, 1.165) is 50.3 Å². The molecule has 1 aliphatic rings. The Hall–Kier alpha value is -6.84. The lowest BCUT2D eigenvalue weighted by atomic mass is 9.91. The van der Waals surface area contributed by atoms with E-state index in [9.17, 15) is 0 Å². The number of hydrogen-bond donors (Lipinski definition) is 1. The number of benzene rings is 9. The number of aliphatic imine (C=N–C) groups is 2. The SMILES string of the molecule is c1ccc(C2=NC(c3c(-c4ccccc4)ccc4ccccc34)N=C(c3ccc(-c4ccc5c(ccc6ccccc65)c4)c4ccccc34)N2)cc1. The number of hydrogen-bond acceptors (Lipinski definition) is 3. The van der Waals surface area contributed by atoms with Gasteiger partial charge in [-0.05, 0) is 71.4 Å². The third kappa shape index (κ3) is 5.14. The second-order valence-corrected chi connectivity index (χ2v) is 13.4. The highest BCUT2D eigenvalue weighted by molar-refractivity contribution is 6.21. The molecule has 1 N–H and O–H groups in total. The fourth-order valence-electron chi connectivity index (χ4n) is 7.84. The molecule has 0 fully saturated rings. The quantitative estimate of drug-likeness (QED) is 0.183. The standard InChI is InChI=1S/C49H33N3/c1-3-13-32(14-4-1)42-28-25-34-16-8-10-20-41(34)46(42)49-51-47(35-17-5-2-6-18-35)50-48(52-49)45-30-29-40(43-21-11-12-22-44(43)45)37-26-27-39-36(31-37)24-23-33-15-7-9-19-38(33)39/h1-31,49H,(H,50,51,52). The Morgan fingerprint density at radius 3 is 1.62 bits per heavy atom. The zero-order chi connectivity index (χ0) is 34.4. The average molecular weight is 664 g/mol. The number of amidine groups is 2. The van der Waals surface area contributed by atoms with Gasteiger partial charge in [0.25, 0.3) is 0 Å². The Balaban J connectivity index is 1.16. The molecule has 9 aromatic rings. The first-order chi connectivity index (χ1) is 25.8. The highest BCUT2D eigenvalue weighted by atomic mass is 15.2. The molecule has 1 unspecified atom stereocenters. The van der Waals surface area contributed by atoms with Crippen LogP contribution in [0.15, 0.2) is 198 Å². The van der Waals surface area contributed by atoms with Crippen molar-refractivity contribution in [2.24, 2.45) is 9.98 Å². The molecular formula is C49H33N3. The van der Waals surface area contributed by atoms with Crippen molar-refractivity contribution in [3.05, 3.63) is 205 Å². The molecule has 0 bridgehead atoms. The van der Waals surface area contributed by atoms with Crippen molar-refractivity contribution in [2.75, 3.05) is 0 Å². The molecule has 3 heteroatoms. The Morgan fingerprint density at radius 2 is 0.846 bits per heavy atom. The fraction of sp³-hybridized carbons (Fsp3) is 0.0204. The molecule has 3 nitrogen and oxygen atoms in total. The van der Waals surface area contributed by atoms with Crippen LogP contribution >= 0.6 is 0 Å². The zero-order valence-electron chi connectivity index (χ0n) is 28.4. The minimum absolute atomic E-state index is 0.471. The maximum Gasteiger partial charge on any atom is 0.170 e. The van der Waals surface area contributed by atoms with Gasteiger partial charge in [-0.3, -0.25) is 0 Å². The summed E-state index contributed by atoms with van der Waals surface area (Å²) in [7, 11) is 0.